The second-order valence-electron chi connectivity index (χ2n) is 5.36. The summed E-state index contributed by atoms with van der Waals surface area (Å²) in [6, 6.07) is 7.47. The Hall–Kier alpha value is -1.56. The number of hydrogen-bond donors (Lipinski definition) is 2. The van der Waals surface area contributed by atoms with Gasteiger partial charge in [0.2, 0.25) is 0 Å². The molecule has 1 aliphatic rings. The molecular formula is C15H19BrN2O3. The van der Waals surface area contributed by atoms with Crippen LogP contribution in [-0.2, 0) is 11.3 Å². The molecule has 0 saturated carbocycles. The molecule has 2 rings (SSSR count). The van der Waals surface area contributed by atoms with E-state index in [0.29, 0.717) is 25.9 Å². The number of halogens is 1. The van der Waals surface area contributed by atoms with Crippen molar-refractivity contribution >= 4 is 27.9 Å². The summed E-state index contributed by atoms with van der Waals surface area (Å²) < 4.78 is 0.945. The van der Waals surface area contributed by atoms with E-state index in [2.05, 4.69) is 21.2 Å². The van der Waals surface area contributed by atoms with Crippen molar-refractivity contribution in [3.05, 3.63) is 34.3 Å². The van der Waals surface area contributed by atoms with Gasteiger partial charge in [-0.3, -0.25) is 4.79 Å². The number of nitrogens with one attached hydrogen (secondary N) is 1. The predicted octanol–water partition coefficient (Wildman–Crippen LogP) is 2.85. The molecule has 1 saturated heterocycles. The third-order valence-electron chi connectivity index (χ3n) is 4.16. The summed E-state index contributed by atoms with van der Waals surface area (Å²) in [6.45, 7) is 3.04. The molecule has 0 spiro atoms. The van der Waals surface area contributed by atoms with Crippen molar-refractivity contribution in [2.75, 3.05) is 13.1 Å². The Morgan fingerprint density at radius 2 is 2.14 bits per heavy atom. The van der Waals surface area contributed by atoms with Gasteiger partial charge in [0.25, 0.3) is 0 Å². The molecule has 1 aromatic rings. The van der Waals surface area contributed by atoms with E-state index in [-0.39, 0.29) is 12.6 Å². The number of urea groups is 1. The van der Waals surface area contributed by atoms with Crippen molar-refractivity contribution in [2.45, 2.75) is 26.3 Å². The van der Waals surface area contributed by atoms with Crippen LogP contribution in [0.15, 0.2) is 28.7 Å². The van der Waals surface area contributed by atoms with Gasteiger partial charge in [0.1, 0.15) is 0 Å². The number of aliphatic carboxylic acids is 1. The third-order valence-corrected chi connectivity index (χ3v) is 4.93. The van der Waals surface area contributed by atoms with Crippen molar-refractivity contribution in [1.29, 1.82) is 0 Å². The minimum absolute atomic E-state index is 0.206. The molecule has 2 amide bonds. The van der Waals surface area contributed by atoms with Crippen LogP contribution in [0, 0.1) is 5.41 Å². The SMILES string of the molecule is CCC1(C(=O)O)CCN(C(=O)NCc2ccccc2Br)C1. The molecule has 1 atom stereocenters. The minimum atomic E-state index is -0.814. The number of likely N-dealkylation sites (tertiary alicyclic amines) is 1. The fraction of sp³-hybridized carbons (Fsp3) is 0.467. The zero-order chi connectivity index (χ0) is 15.5. The average Bonchev–Trinajstić information content (AvgIpc) is 2.92. The summed E-state index contributed by atoms with van der Waals surface area (Å²) in [4.78, 5) is 25.1. The van der Waals surface area contributed by atoms with Crippen LogP contribution in [0.3, 0.4) is 0 Å². The molecule has 1 aromatic carbocycles. The summed E-state index contributed by atoms with van der Waals surface area (Å²) in [5.41, 5.74) is 0.204. The first-order chi connectivity index (χ1) is 9.98. The highest BCUT2D eigenvalue weighted by atomic mass is 79.9. The fourth-order valence-electron chi connectivity index (χ4n) is 2.58. The first-order valence-electron chi connectivity index (χ1n) is 6.98. The quantitative estimate of drug-likeness (QED) is 0.873. The fourth-order valence-corrected chi connectivity index (χ4v) is 3.01. The Morgan fingerprint density at radius 1 is 1.43 bits per heavy atom. The van der Waals surface area contributed by atoms with Gasteiger partial charge in [-0.15, -0.1) is 0 Å². The van der Waals surface area contributed by atoms with Gasteiger partial charge in [-0.2, -0.15) is 0 Å². The topological polar surface area (TPSA) is 69.6 Å². The van der Waals surface area contributed by atoms with Gasteiger partial charge < -0.3 is 15.3 Å². The largest absolute Gasteiger partial charge is 0.481 e. The maximum absolute atomic E-state index is 12.2. The Morgan fingerprint density at radius 3 is 2.71 bits per heavy atom. The lowest BCUT2D eigenvalue weighted by atomic mass is 9.84. The van der Waals surface area contributed by atoms with Crippen molar-refractivity contribution in [3.63, 3.8) is 0 Å². The Kier molecular flexibility index (Phi) is 4.88. The highest BCUT2D eigenvalue weighted by Crippen LogP contribution is 2.34. The van der Waals surface area contributed by atoms with E-state index in [1.807, 2.05) is 31.2 Å². The first kappa shape index (κ1) is 15.8. The molecule has 1 heterocycles. The minimum Gasteiger partial charge on any atom is -0.481 e. The molecule has 0 aromatic heterocycles. The van der Waals surface area contributed by atoms with E-state index in [9.17, 15) is 14.7 Å². The molecule has 0 radical (unpaired) electrons. The van der Waals surface area contributed by atoms with Crippen molar-refractivity contribution in [1.82, 2.24) is 10.2 Å². The van der Waals surface area contributed by atoms with Crippen LogP contribution in [0.4, 0.5) is 4.79 Å². The molecule has 2 N–H and O–H groups in total. The molecule has 114 valence electrons. The van der Waals surface area contributed by atoms with Gasteiger partial charge in [-0.25, -0.2) is 4.79 Å². The molecule has 21 heavy (non-hydrogen) atoms. The number of carboxylic acid groups (broad SMARTS) is 1. The van der Waals surface area contributed by atoms with Crippen LogP contribution in [-0.4, -0.2) is 35.1 Å². The lowest BCUT2D eigenvalue weighted by Crippen LogP contribution is -2.41. The lowest BCUT2D eigenvalue weighted by molar-refractivity contribution is -0.148. The molecular weight excluding hydrogens is 336 g/mol. The monoisotopic (exact) mass is 354 g/mol. The zero-order valence-electron chi connectivity index (χ0n) is 11.9. The maximum atomic E-state index is 12.2. The van der Waals surface area contributed by atoms with Crippen LogP contribution in [0.1, 0.15) is 25.3 Å². The zero-order valence-corrected chi connectivity index (χ0v) is 13.5. The summed E-state index contributed by atoms with van der Waals surface area (Å²) in [5.74, 6) is -0.814. The molecule has 1 unspecified atom stereocenters. The molecule has 1 aliphatic heterocycles. The number of carbonyl (C=O) groups excluding carboxylic acids is 1. The third kappa shape index (κ3) is 3.37. The Bertz CT molecular complexity index is 549. The second kappa shape index (κ2) is 6.47. The van der Waals surface area contributed by atoms with Crippen LogP contribution >= 0.6 is 15.9 Å². The Labute approximate surface area is 132 Å². The van der Waals surface area contributed by atoms with Crippen LogP contribution in [0.25, 0.3) is 0 Å². The van der Waals surface area contributed by atoms with Crippen LogP contribution < -0.4 is 5.32 Å². The van der Waals surface area contributed by atoms with Gasteiger partial charge in [0, 0.05) is 24.1 Å². The van der Waals surface area contributed by atoms with Crippen molar-refractivity contribution in [2.24, 2.45) is 5.41 Å². The number of hydrogen-bond acceptors (Lipinski definition) is 2. The number of rotatable bonds is 4. The number of benzene rings is 1. The van der Waals surface area contributed by atoms with E-state index in [1.165, 1.54) is 0 Å². The van der Waals surface area contributed by atoms with E-state index in [0.717, 1.165) is 10.0 Å². The number of nitrogens with zero attached hydrogens (tertiary/aromatic N) is 1. The van der Waals surface area contributed by atoms with Gasteiger partial charge in [-0.1, -0.05) is 41.1 Å². The molecule has 6 heteroatoms. The van der Waals surface area contributed by atoms with Gasteiger partial charge in [0.15, 0.2) is 0 Å². The number of carbonyl (C=O) groups is 2. The summed E-state index contributed by atoms with van der Waals surface area (Å²) in [5, 5.41) is 12.2. The molecule has 5 nitrogen and oxygen atoms in total. The normalized spacial score (nSPS) is 21.3. The summed E-state index contributed by atoms with van der Waals surface area (Å²) in [6.07, 6.45) is 1.05. The van der Waals surface area contributed by atoms with Crippen LogP contribution in [0.5, 0.6) is 0 Å². The van der Waals surface area contributed by atoms with Gasteiger partial charge in [0.05, 0.1) is 5.41 Å². The van der Waals surface area contributed by atoms with E-state index in [4.69, 9.17) is 0 Å². The number of carboxylic acids is 1. The first-order valence-corrected chi connectivity index (χ1v) is 7.77. The molecule has 0 bridgehead atoms. The highest BCUT2D eigenvalue weighted by Gasteiger charge is 2.44. The van der Waals surface area contributed by atoms with Crippen molar-refractivity contribution < 1.29 is 14.7 Å². The van der Waals surface area contributed by atoms with Gasteiger partial charge in [-0.05, 0) is 24.5 Å². The average molecular weight is 355 g/mol. The predicted molar refractivity (Wildman–Crippen MR) is 82.9 cm³/mol. The lowest BCUT2D eigenvalue weighted by Gasteiger charge is -2.23. The Balaban J connectivity index is 1.94. The number of amides is 2. The van der Waals surface area contributed by atoms with Crippen molar-refractivity contribution in [3.8, 4) is 0 Å². The van der Waals surface area contributed by atoms with Gasteiger partial charge >= 0.3 is 12.0 Å². The van der Waals surface area contributed by atoms with E-state index >= 15 is 0 Å². The van der Waals surface area contributed by atoms with E-state index in [1.54, 1.807) is 4.90 Å². The molecule has 1 fully saturated rings. The van der Waals surface area contributed by atoms with Crippen LogP contribution in [0.2, 0.25) is 0 Å². The standard InChI is InChI=1S/C15H19BrN2O3/c1-2-15(13(19)20)7-8-18(10-15)14(21)17-9-11-5-3-4-6-12(11)16/h3-6H,2,7-10H2,1H3,(H,17,21)(H,19,20). The maximum Gasteiger partial charge on any atom is 0.317 e. The molecule has 0 aliphatic carbocycles. The smallest absolute Gasteiger partial charge is 0.317 e. The summed E-state index contributed by atoms with van der Waals surface area (Å²) in [7, 11) is 0. The highest BCUT2D eigenvalue weighted by molar-refractivity contribution is 9.10. The van der Waals surface area contributed by atoms with E-state index < -0.39 is 11.4 Å². The second-order valence-corrected chi connectivity index (χ2v) is 6.22. The summed E-state index contributed by atoms with van der Waals surface area (Å²) >= 11 is 3.44.